The van der Waals surface area contributed by atoms with Gasteiger partial charge in [0.15, 0.2) is 0 Å². The van der Waals surface area contributed by atoms with Crippen molar-refractivity contribution in [2.24, 2.45) is 11.8 Å². The van der Waals surface area contributed by atoms with Gasteiger partial charge in [-0.1, -0.05) is 32.4 Å². The Labute approximate surface area is 331 Å². The number of aromatic nitrogens is 4. The predicted molar refractivity (Wildman–Crippen MR) is 215 cm³/mol. The molecular formula is C44H51N7O6. The number of methoxy groups -OCH3 is 1. The van der Waals surface area contributed by atoms with Crippen LogP contribution in [0, 0.1) is 11.8 Å². The van der Waals surface area contributed by atoms with Crippen LogP contribution in [0.25, 0.3) is 44.2 Å². The second-order valence-electron chi connectivity index (χ2n) is 17.4. The predicted octanol–water partition coefficient (Wildman–Crippen LogP) is 8.56. The maximum Gasteiger partial charge on any atom is 0.410 e. The number of amides is 3. The Bertz CT molecular complexity index is 2390. The number of nitrogens with one attached hydrogen (secondary N) is 3. The largest absolute Gasteiger partial charge is 0.488 e. The van der Waals surface area contributed by atoms with Gasteiger partial charge in [-0.25, -0.2) is 19.6 Å². The number of nitrogens with zero attached hydrogens (tertiary/aromatic N) is 4. The average Bonchev–Trinajstić information content (AvgIpc) is 4.02. The fraction of sp³-hybridized carbons (Fsp3) is 0.477. The Morgan fingerprint density at radius 2 is 1.81 bits per heavy atom. The number of fused-ring (bicyclic) bond motifs is 7. The number of carbonyl (C=O) groups is 3. The van der Waals surface area contributed by atoms with Gasteiger partial charge in [0, 0.05) is 29.1 Å². The summed E-state index contributed by atoms with van der Waals surface area (Å²) in [6, 6.07) is 13.9. The first-order valence-electron chi connectivity index (χ1n) is 20.3. The summed E-state index contributed by atoms with van der Waals surface area (Å²) >= 11 is 0. The molecule has 13 nitrogen and oxygen atoms in total. The minimum absolute atomic E-state index is 0.0835. The molecule has 3 aliphatic heterocycles. The lowest BCUT2D eigenvalue weighted by molar-refractivity contribution is -0.137. The number of aromatic amines is 2. The molecule has 4 aliphatic rings. The fourth-order valence-electron chi connectivity index (χ4n) is 9.58. The Hall–Kier alpha value is -5.59. The zero-order chi connectivity index (χ0) is 39.7. The molecule has 1 aliphatic carbocycles. The second kappa shape index (κ2) is 14.1. The molecule has 3 amide bonds. The molecule has 0 radical (unpaired) electrons. The number of imidazole rings is 2. The number of carbonyl (C=O) groups excluding carboxylic acids is 3. The summed E-state index contributed by atoms with van der Waals surface area (Å²) in [5.41, 5.74) is 6.25. The monoisotopic (exact) mass is 773 g/mol. The second-order valence-corrected chi connectivity index (χ2v) is 17.4. The minimum atomic E-state index is -0.694. The van der Waals surface area contributed by atoms with E-state index in [1.807, 2.05) is 45.7 Å². The molecule has 1 saturated carbocycles. The zero-order valence-corrected chi connectivity index (χ0v) is 33.5. The van der Waals surface area contributed by atoms with Crippen LogP contribution in [0.1, 0.15) is 102 Å². The molecule has 3 fully saturated rings. The molecule has 9 rings (SSSR count). The fourth-order valence-corrected chi connectivity index (χ4v) is 9.58. The smallest absolute Gasteiger partial charge is 0.410 e. The maximum atomic E-state index is 14.3. The SMILES string of the molecule is COC(=O)N[C@H](C(=O)N1[C@H](c2nc3c(ccc4cc5c(cc43)COc3cc(-c4cnc(C6CCCN6C(=O)OC(C)(C)C)[nH]4)ccc3-5)[nH]2)C[C@@H]2CCC[C@@H]21)C(C)C. The van der Waals surface area contributed by atoms with Gasteiger partial charge >= 0.3 is 12.2 Å². The molecule has 13 heteroatoms. The van der Waals surface area contributed by atoms with Crippen molar-refractivity contribution in [2.75, 3.05) is 13.7 Å². The standard InChI is InChI=1S/C44H51N7O6/c1-23(2)37(49-42(53)55-6)41(52)51-33-10-7-9-26(33)19-35(51)40-46-31-15-13-24-17-29-27(18-30(24)38(31)48-40)22-56-36-20-25(12-14-28(29)36)32-21-45-39(47-32)34-11-8-16-50(34)43(54)57-44(3,4)5/h12-15,17-18,20-21,23,26,33-35,37H,7-11,16,19,22H2,1-6H3,(H,45,47)(H,46,48)(H,49,53)/t26-,33-,34?,35-,37-/m0/s1. The van der Waals surface area contributed by atoms with Gasteiger partial charge in [0.2, 0.25) is 5.91 Å². The van der Waals surface area contributed by atoms with E-state index in [0.717, 1.165) is 106 Å². The van der Waals surface area contributed by atoms with Gasteiger partial charge in [0.05, 0.1) is 42.1 Å². The number of hydrogen-bond acceptors (Lipinski definition) is 8. The van der Waals surface area contributed by atoms with Gasteiger partial charge in [-0.15, -0.1) is 0 Å². The van der Waals surface area contributed by atoms with Crippen molar-refractivity contribution in [2.45, 2.75) is 110 Å². The van der Waals surface area contributed by atoms with Crippen molar-refractivity contribution in [3.63, 3.8) is 0 Å². The summed E-state index contributed by atoms with van der Waals surface area (Å²) in [6.07, 6.45) is 6.58. The third kappa shape index (κ3) is 6.64. The lowest BCUT2D eigenvalue weighted by atomic mass is 9.92. The van der Waals surface area contributed by atoms with E-state index in [9.17, 15) is 14.4 Å². The van der Waals surface area contributed by atoms with Crippen LogP contribution < -0.4 is 10.1 Å². The van der Waals surface area contributed by atoms with Crippen molar-refractivity contribution < 1.29 is 28.6 Å². The van der Waals surface area contributed by atoms with Gasteiger partial charge in [-0.05, 0) is 112 Å². The van der Waals surface area contributed by atoms with Crippen molar-refractivity contribution in [1.82, 2.24) is 35.1 Å². The van der Waals surface area contributed by atoms with Gasteiger partial charge in [0.1, 0.15) is 35.6 Å². The van der Waals surface area contributed by atoms with Crippen LogP contribution >= 0.6 is 0 Å². The van der Waals surface area contributed by atoms with Crippen molar-refractivity contribution in [1.29, 1.82) is 0 Å². The van der Waals surface area contributed by atoms with Crippen LogP contribution in [0.15, 0.2) is 48.7 Å². The van der Waals surface area contributed by atoms with Gasteiger partial charge < -0.3 is 34.4 Å². The number of likely N-dealkylation sites (tertiary alicyclic amines) is 2. The molecule has 2 saturated heterocycles. The lowest BCUT2D eigenvalue weighted by Gasteiger charge is -2.33. The molecule has 2 aromatic heterocycles. The number of rotatable bonds is 6. The molecule has 1 unspecified atom stereocenters. The van der Waals surface area contributed by atoms with Crippen molar-refractivity contribution in [3.05, 3.63) is 65.9 Å². The lowest BCUT2D eigenvalue weighted by Crippen LogP contribution is -2.53. The highest BCUT2D eigenvalue weighted by Gasteiger charge is 2.49. The average molecular weight is 774 g/mol. The molecule has 5 heterocycles. The molecule has 3 N–H and O–H groups in total. The van der Waals surface area contributed by atoms with E-state index in [-0.39, 0.29) is 36.0 Å². The van der Waals surface area contributed by atoms with Crippen molar-refractivity contribution in [3.8, 4) is 28.1 Å². The summed E-state index contributed by atoms with van der Waals surface area (Å²) in [7, 11) is 1.32. The summed E-state index contributed by atoms with van der Waals surface area (Å²) in [5.74, 6) is 2.53. The van der Waals surface area contributed by atoms with E-state index in [2.05, 4.69) is 57.7 Å². The number of ether oxygens (including phenoxy) is 3. The van der Waals surface area contributed by atoms with Crippen molar-refractivity contribution >= 4 is 39.9 Å². The van der Waals surface area contributed by atoms with E-state index in [0.29, 0.717) is 19.1 Å². The van der Waals surface area contributed by atoms with Crippen LogP contribution in [-0.2, 0) is 20.9 Å². The van der Waals surface area contributed by atoms with E-state index < -0.39 is 17.7 Å². The molecule has 5 atom stereocenters. The zero-order valence-electron chi connectivity index (χ0n) is 33.5. The highest BCUT2D eigenvalue weighted by atomic mass is 16.6. The third-order valence-corrected chi connectivity index (χ3v) is 12.3. The first kappa shape index (κ1) is 37.0. The molecule has 298 valence electrons. The Morgan fingerprint density at radius 1 is 0.965 bits per heavy atom. The summed E-state index contributed by atoms with van der Waals surface area (Å²) in [4.78, 5) is 60.2. The first-order valence-corrected chi connectivity index (χ1v) is 20.3. The van der Waals surface area contributed by atoms with Gasteiger partial charge in [-0.3, -0.25) is 9.69 Å². The van der Waals surface area contributed by atoms with Crippen LogP contribution in [0.3, 0.4) is 0 Å². The summed E-state index contributed by atoms with van der Waals surface area (Å²) < 4.78 is 17.0. The van der Waals surface area contributed by atoms with E-state index in [4.69, 9.17) is 24.2 Å². The number of alkyl carbamates (subject to hydrolysis) is 1. The molecule has 3 aromatic carbocycles. The molecule has 0 spiro atoms. The molecule has 5 aromatic rings. The Morgan fingerprint density at radius 3 is 2.60 bits per heavy atom. The Balaban J connectivity index is 0.993. The maximum absolute atomic E-state index is 14.3. The number of H-pyrrole nitrogens is 2. The normalized spacial score (nSPS) is 22.0. The third-order valence-electron chi connectivity index (χ3n) is 12.3. The summed E-state index contributed by atoms with van der Waals surface area (Å²) in [6.45, 7) is 10.6. The van der Waals surface area contributed by atoms with E-state index in [1.165, 1.54) is 7.11 Å². The molecule has 0 bridgehead atoms. The van der Waals surface area contributed by atoms with Crippen LogP contribution in [-0.4, -0.2) is 79.2 Å². The highest BCUT2D eigenvalue weighted by Crippen LogP contribution is 2.48. The first-order chi connectivity index (χ1) is 27.4. The highest BCUT2D eigenvalue weighted by molar-refractivity contribution is 6.06. The van der Waals surface area contributed by atoms with E-state index >= 15 is 0 Å². The number of benzene rings is 3. The summed E-state index contributed by atoms with van der Waals surface area (Å²) in [5, 5.41) is 4.89. The van der Waals surface area contributed by atoms with Crippen LogP contribution in [0.2, 0.25) is 0 Å². The Kier molecular flexibility index (Phi) is 9.16. The van der Waals surface area contributed by atoms with Crippen LogP contribution in [0.5, 0.6) is 5.75 Å². The molecule has 57 heavy (non-hydrogen) atoms. The van der Waals surface area contributed by atoms with Gasteiger partial charge in [-0.2, -0.15) is 0 Å². The van der Waals surface area contributed by atoms with Gasteiger partial charge in [0.25, 0.3) is 0 Å². The van der Waals surface area contributed by atoms with Crippen LogP contribution in [0.4, 0.5) is 9.59 Å². The molecular weight excluding hydrogens is 723 g/mol. The quantitative estimate of drug-likeness (QED) is 0.155. The minimum Gasteiger partial charge on any atom is -0.488 e. The topological polar surface area (TPSA) is 155 Å². The van der Waals surface area contributed by atoms with E-state index in [1.54, 1.807) is 4.90 Å². The number of hydrogen-bond donors (Lipinski definition) is 3.